The lowest BCUT2D eigenvalue weighted by atomic mass is 9.72. The highest BCUT2D eigenvalue weighted by atomic mass is 16.3. The Bertz CT molecular complexity index is 1250. The number of Topliss-reactive ketones (excluding diaryl/α,β-unsaturated/α-hetero) is 2. The van der Waals surface area contributed by atoms with Crippen LogP contribution in [0.3, 0.4) is 0 Å². The summed E-state index contributed by atoms with van der Waals surface area (Å²) in [5.41, 5.74) is 5.75. The molecule has 2 atom stereocenters. The molecule has 0 saturated carbocycles. The molecule has 0 saturated heterocycles. The van der Waals surface area contributed by atoms with E-state index in [1.54, 1.807) is 6.26 Å². The summed E-state index contributed by atoms with van der Waals surface area (Å²) in [5.74, 6) is 0.575. The van der Waals surface area contributed by atoms with Crippen molar-refractivity contribution in [2.45, 2.75) is 24.7 Å². The lowest BCUT2D eigenvalue weighted by Crippen LogP contribution is -2.33. The number of benzene rings is 2. The molecule has 0 unspecified atom stereocenters. The maximum atomic E-state index is 13.4. The first-order valence-corrected chi connectivity index (χ1v) is 10.2. The molecule has 0 bridgehead atoms. The average Bonchev–Trinajstić information content (AvgIpc) is 3.41. The third-order valence-electron chi connectivity index (χ3n) is 6.39. The smallest absolute Gasteiger partial charge is 0.192 e. The van der Waals surface area contributed by atoms with E-state index < -0.39 is 0 Å². The summed E-state index contributed by atoms with van der Waals surface area (Å²) in [6.45, 7) is 0. The molecule has 2 heterocycles. The average molecular weight is 393 g/mol. The number of dihydropyridines is 1. The first-order chi connectivity index (χ1) is 14.7. The second-order valence-electron chi connectivity index (χ2n) is 8.07. The minimum atomic E-state index is -0.345. The summed E-state index contributed by atoms with van der Waals surface area (Å²) in [7, 11) is 0. The summed E-state index contributed by atoms with van der Waals surface area (Å²) in [6, 6.07) is 21.4. The van der Waals surface area contributed by atoms with Crippen LogP contribution < -0.4 is 5.32 Å². The molecular formula is C26H19NO3. The van der Waals surface area contributed by atoms with Crippen LogP contribution in [-0.2, 0) is 4.79 Å². The largest absolute Gasteiger partial charge is 0.469 e. The van der Waals surface area contributed by atoms with Gasteiger partial charge in [0.05, 0.1) is 12.0 Å². The summed E-state index contributed by atoms with van der Waals surface area (Å²) < 4.78 is 5.60. The maximum absolute atomic E-state index is 13.4. The van der Waals surface area contributed by atoms with Crippen LogP contribution in [0.1, 0.15) is 51.9 Å². The Hall–Kier alpha value is -3.66. The van der Waals surface area contributed by atoms with Crippen molar-refractivity contribution in [3.05, 3.63) is 112 Å². The molecule has 6 rings (SSSR count). The van der Waals surface area contributed by atoms with Gasteiger partial charge in [-0.1, -0.05) is 54.6 Å². The van der Waals surface area contributed by atoms with E-state index in [0.29, 0.717) is 24.0 Å². The van der Waals surface area contributed by atoms with E-state index in [4.69, 9.17) is 4.42 Å². The molecule has 1 N–H and O–H groups in total. The third kappa shape index (κ3) is 2.40. The molecule has 0 radical (unpaired) electrons. The molecule has 1 aromatic heterocycles. The van der Waals surface area contributed by atoms with Gasteiger partial charge in [0.15, 0.2) is 11.6 Å². The zero-order chi connectivity index (χ0) is 20.2. The Labute approximate surface area is 173 Å². The Morgan fingerprint density at radius 3 is 2.33 bits per heavy atom. The number of hydrogen-bond acceptors (Lipinski definition) is 4. The van der Waals surface area contributed by atoms with Crippen molar-refractivity contribution >= 4 is 17.3 Å². The second kappa shape index (κ2) is 6.42. The highest BCUT2D eigenvalue weighted by Crippen LogP contribution is 2.50. The van der Waals surface area contributed by atoms with Crippen LogP contribution in [0.25, 0.3) is 5.70 Å². The lowest BCUT2D eigenvalue weighted by Gasteiger charge is -2.35. The maximum Gasteiger partial charge on any atom is 0.192 e. The van der Waals surface area contributed by atoms with Crippen LogP contribution in [0.2, 0.25) is 0 Å². The van der Waals surface area contributed by atoms with Gasteiger partial charge in [0.1, 0.15) is 5.76 Å². The van der Waals surface area contributed by atoms with Crippen molar-refractivity contribution in [2.24, 2.45) is 0 Å². The van der Waals surface area contributed by atoms with Crippen molar-refractivity contribution in [3.63, 3.8) is 0 Å². The van der Waals surface area contributed by atoms with Crippen LogP contribution in [-0.4, -0.2) is 11.6 Å². The van der Waals surface area contributed by atoms with Crippen molar-refractivity contribution in [1.82, 2.24) is 5.32 Å². The minimum absolute atomic E-state index is 0.00433. The number of rotatable bonds is 2. The fourth-order valence-electron chi connectivity index (χ4n) is 5.10. The predicted octanol–water partition coefficient (Wildman–Crippen LogP) is 4.97. The first-order valence-electron chi connectivity index (χ1n) is 10.2. The number of ketones is 2. The van der Waals surface area contributed by atoms with Crippen molar-refractivity contribution in [1.29, 1.82) is 0 Å². The molecule has 3 aliphatic rings. The number of allylic oxidation sites excluding steroid dienone is 3. The third-order valence-corrected chi connectivity index (χ3v) is 6.39. The molecule has 30 heavy (non-hydrogen) atoms. The topological polar surface area (TPSA) is 59.3 Å². The van der Waals surface area contributed by atoms with Crippen LogP contribution in [0, 0.1) is 0 Å². The summed E-state index contributed by atoms with van der Waals surface area (Å²) in [6.07, 6.45) is 2.73. The molecule has 1 aliphatic heterocycles. The van der Waals surface area contributed by atoms with Crippen molar-refractivity contribution in [2.75, 3.05) is 0 Å². The standard InChI is InChI=1S/C26H19NO3/c28-20-14-16(21-11-6-12-30-21)13-19-23(20)22(15-7-2-1-3-8-15)24-25(27-19)17-9-4-5-10-18(17)26(24)29/h1-12,16,22,27H,13-14H2/t16-,22-/m0/s1. The number of fused-ring (bicyclic) bond motifs is 2. The molecule has 2 aliphatic carbocycles. The molecule has 2 aromatic carbocycles. The van der Waals surface area contributed by atoms with Gasteiger partial charge in [0, 0.05) is 46.2 Å². The molecule has 4 heteroatoms. The Balaban J connectivity index is 1.53. The Morgan fingerprint density at radius 2 is 1.57 bits per heavy atom. The van der Waals surface area contributed by atoms with Gasteiger partial charge in [0.2, 0.25) is 0 Å². The van der Waals surface area contributed by atoms with E-state index in [0.717, 1.165) is 33.9 Å². The number of hydrogen-bond donors (Lipinski definition) is 1. The van der Waals surface area contributed by atoms with Gasteiger partial charge in [-0.25, -0.2) is 0 Å². The van der Waals surface area contributed by atoms with Gasteiger partial charge in [-0.3, -0.25) is 9.59 Å². The zero-order valence-electron chi connectivity index (χ0n) is 16.2. The molecular weight excluding hydrogens is 374 g/mol. The van der Waals surface area contributed by atoms with E-state index in [-0.39, 0.29) is 23.4 Å². The Kier molecular flexibility index (Phi) is 3.69. The molecule has 3 aromatic rings. The number of carbonyl (C=O) groups excluding carboxylic acids is 2. The van der Waals surface area contributed by atoms with Gasteiger partial charge in [-0.2, -0.15) is 0 Å². The zero-order valence-corrected chi connectivity index (χ0v) is 16.2. The second-order valence-corrected chi connectivity index (χ2v) is 8.07. The van der Waals surface area contributed by atoms with Gasteiger partial charge >= 0.3 is 0 Å². The van der Waals surface area contributed by atoms with Gasteiger partial charge in [-0.15, -0.1) is 0 Å². The minimum Gasteiger partial charge on any atom is -0.469 e. The fraction of sp³-hybridized carbons (Fsp3) is 0.154. The van der Waals surface area contributed by atoms with Gasteiger partial charge < -0.3 is 9.73 Å². The van der Waals surface area contributed by atoms with Crippen LogP contribution in [0.15, 0.2) is 94.3 Å². The van der Waals surface area contributed by atoms with Crippen LogP contribution in [0.5, 0.6) is 0 Å². The monoisotopic (exact) mass is 393 g/mol. The fourth-order valence-corrected chi connectivity index (χ4v) is 5.10. The van der Waals surface area contributed by atoms with E-state index in [1.165, 1.54) is 0 Å². The van der Waals surface area contributed by atoms with Gasteiger partial charge in [0.25, 0.3) is 0 Å². The van der Waals surface area contributed by atoms with Crippen LogP contribution >= 0.6 is 0 Å². The van der Waals surface area contributed by atoms with Gasteiger partial charge in [-0.05, 0) is 24.1 Å². The lowest BCUT2D eigenvalue weighted by molar-refractivity contribution is -0.116. The van der Waals surface area contributed by atoms with Crippen molar-refractivity contribution < 1.29 is 14.0 Å². The normalized spacial score (nSPS) is 22.5. The number of nitrogens with one attached hydrogen (secondary N) is 1. The Morgan fingerprint density at radius 1 is 0.800 bits per heavy atom. The van der Waals surface area contributed by atoms with Crippen molar-refractivity contribution in [3.8, 4) is 0 Å². The number of carbonyl (C=O) groups is 2. The highest BCUT2D eigenvalue weighted by Gasteiger charge is 2.45. The van der Waals surface area contributed by atoms with E-state index in [1.807, 2.05) is 66.7 Å². The van der Waals surface area contributed by atoms with Crippen LogP contribution in [0.4, 0.5) is 0 Å². The molecule has 0 fully saturated rings. The summed E-state index contributed by atoms with van der Waals surface area (Å²) in [4.78, 5) is 26.8. The SMILES string of the molecule is O=C1C[C@@H](c2ccco2)CC2=C1[C@H](c1ccccc1)C1=C(N2)c2ccccc2C1=O. The predicted molar refractivity (Wildman–Crippen MR) is 113 cm³/mol. The highest BCUT2D eigenvalue weighted by molar-refractivity contribution is 6.23. The van der Waals surface area contributed by atoms with E-state index in [9.17, 15) is 9.59 Å². The summed E-state index contributed by atoms with van der Waals surface area (Å²) in [5, 5.41) is 3.50. The molecule has 4 nitrogen and oxygen atoms in total. The van der Waals surface area contributed by atoms with E-state index in [2.05, 4.69) is 5.32 Å². The first kappa shape index (κ1) is 17.2. The quantitative estimate of drug-likeness (QED) is 0.667. The summed E-state index contributed by atoms with van der Waals surface area (Å²) >= 11 is 0. The molecule has 0 spiro atoms. The molecule has 0 amide bonds. The number of furan rings is 1. The molecule has 146 valence electrons. The van der Waals surface area contributed by atoms with E-state index >= 15 is 0 Å².